The van der Waals surface area contributed by atoms with Crippen LogP contribution in [-0.4, -0.2) is 29.7 Å². The summed E-state index contributed by atoms with van der Waals surface area (Å²) in [7, 11) is 2.80. The van der Waals surface area contributed by atoms with Crippen LogP contribution in [0.5, 0.6) is 0 Å². The summed E-state index contributed by atoms with van der Waals surface area (Å²) >= 11 is 0. The molecule has 0 aromatic carbocycles. The summed E-state index contributed by atoms with van der Waals surface area (Å²) < 4.78 is 0. The first kappa shape index (κ1) is 8.49. The quantitative estimate of drug-likeness (QED) is 0.555. The van der Waals surface area contributed by atoms with Gasteiger partial charge in [0.05, 0.1) is 0 Å². The summed E-state index contributed by atoms with van der Waals surface area (Å²) in [5.41, 5.74) is 0. The second-order valence-corrected chi connectivity index (χ2v) is 3.88. The Morgan fingerprint density at radius 2 is 1.80 bits per heavy atom. The van der Waals surface area contributed by atoms with Crippen LogP contribution in [0.25, 0.3) is 0 Å². The van der Waals surface area contributed by atoms with Gasteiger partial charge in [0, 0.05) is 18.6 Å². The van der Waals surface area contributed by atoms with Gasteiger partial charge in [0.1, 0.15) is 0 Å². The molecule has 0 saturated carbocycles. The number of hydrogen-bond acceptors (Lipinski definition) is 1. The Hall–Kier alpha value is 0.390. The van der Waals surface area contributed by atoms with Gasteiger partial charge in [-0.3, -0.25) is 4.90 Å². The normalized spacial score (nSPS) is 35.1. The average molecular weight is 159 g/mol. The molecule has 0 N–H and O–H groups in total. The molecule has 0 aromatic rings. The predicted octanol–water partition coefficient (Wildman–Crippen LogP) is 1.73. The van der Waals surface area contributed by atoms with Gasteiger partial charge in [-0.15, -0.1) is 9.24 Å². The summed E-state index contributed by atoms with van der Waals surface area (Å²) in [4.78, 5) is 2.60. The molecule has 3 atom stereocenters. The Bertz CT molecular complexity index is 95.4. The molecule has 2 heteroatoms. The molecule has 10 heavy (non-hydrogen) atoms. The van der Waals surface area contributed by atoms with Crippen molar-refractivity contribution in [2.24, 2.45) is 0 Å². The maximum Gasteiger partial charge on any atom is 0.00704 e. The SMILES string of the molecule is C[C@@H]1CC[C@@H](C)N1CCP. The fraction of sp³-hybridized carbons (Fsp3) is 1.00. The molecule has 1 heterocycles. The van der Waals surface area contributed by atoms with Crippen molar-refractivity contribution < 1.29 is 0 Å². The van der Waals surface area contributed by atoms with Crippen LogP contribution in [0.1, 0.15) is 26.7 Å². The number of hydrogen-bond donors (Lipinski definition) is 0. The topological polar surface area (TPSA) is 3.24 Å². The smallest absolute Gasteiger partial charge is 0.00704 e. The Morgan fingerprint density at radius 3 is 2.20 bits per heavy atom. The van der Waals surface area contributed by atoms with Crippen molar-refractivity contribution >= 4 is 9.24 Å². The molecule has 0 aromatic heterocycles. The molecular formula is C8H18NP. The molecule has 0 radical (unpaired) electrons. The van der Waals surface area contributed by atoms with Crippen LogP contribution < -0.4 is 0 Å². The lowest BCUT2D eigenvalue weighted by molar-refractivity contribution is 0.228. The van der Waals surface area contributed by atoms with Crippen LogP contribution in [0.15, 0.2) is 0 Å². The minimum Gasteiger partial charge on any atom is -0.298 e. The predicted molar refractivity (Wildman–Crippen MR) is 49.4 cm³/mol. The van der Waals surface area contributed by atoms with E-state index in [4.69, 9.17) is 0 Å². The van der Waals surface area contributed by atoms with Crippen molar-refractivity contribution in [2.75, 3.05) is 12.7 Å². The molecule has 1 fully saturated rings. The van der Waals surface area contributed by atoms with E-state index in [0.717, 1.165) is 12.1 Å². The van der Waals surface area contributed by atoms with Gasteiger partial charge in [-0.1, -0.05) is 0 Å². The van der Waals surface area contributed by atoms with E-state index in [1.165, 1.54) is 25.5 Å². The lowest BCUT2D eigenvalue weighted by Crippen LogP contribution is -2.34. The van der Waals surface area contributed by atoms with Gasteiger partial charge in [-0.25, -0.2) is 0 Å². The van der Waals surface area contributed by atoms with Crippen LogP contribution in [-0.2, 0) is 0 Å². The second-order valence-electron chi connectivity index (χ2n) is 3.30. The third-order valence-electron chi connectivity index (χ3n) is 2.52. The maximum absolute atomic E-state index is 2.80. The zero-order valence-corrected chi connectivity index (χ0v) is 8.16. The molecular weight excluding hydrogens is 141 g/mol. The molecule has 1 rings (SSSR count). The van der Waals surface area contributed by atoms with Crippen molar-refractivity contribution in [2.45, 2.75) is 38.8 Å². The number of nitrogens with zero attached hydrogens (tertiary/aromatic N) is 1. The van der Waals surface area contributed by atoms with Crippen molar-refractivity contribution in [1.82, 2.24) is 4.90 Å². The first-order valence-electron chi connectivity index (χ1n) is 4.21. The first-order chi connectivity index (χ1) is 4.75. The third kappa shape index (κ3) is 1.71. The largest absolute Gasteiger partial charge is 0.298 e. The highest BCUT2D eigenvalue weighted by Gasteiger charge is 2.25. The summed E-state index contributed by atoms with van der Waals surface area (Å²) in [5, 5.41) is 0. The number of likely N-dealkylation sites (tertiary alicyclic amines) is 1. The van der Waals surface area contributed by atoms with Crippen LogP contribution in [0.2, 0.25) is 0 Å². The molecule has 0 amide bonds. The van der Waals surface area contributed by atoms with Gasteiger partial charge < -0.3 is 0 Å². The Kier molecular flexibility index (Phi) is 3.13. The van der Waals surface area contributed by atoms with E-state index in [0.29, 0.717) is 0 Å². The van der Waals surface area contributed by atoms with Crippen molar-refractivity contribution in [3.8, 4) is 0 Å². The fourth-order valence-corrected chi connectivity index (χ4v) is 2.14. The molecule has 1 unspecified atom stereocenters. The van der Waals surface area contributed by atoms with Crippen molar-refractivity contribution in [3.63, 3.8) is 0 Å². The second kappa shape index (κ2) is 3.69. The zero-order chi connectivity index (χ0) is 7.56. The van der Waals surface area contributed by atoms with Gasteiger partial charge in [0.2, 0.25) is 0 Å². The highest BCUT2D eigenvalue weighted by atomic mass is 31.0. The van der Waals surface area contributed by atoms with E-state index in [9.17, 15) is 0 Å². The van der Waals surface area contributed by atoms with E-state index >= 15 is 0 Å². The maximum atomic E-state index is 2.80. The van der Waals surface area contributed by atoms with E-state index in [2.05, 4.69) is 28.0 Å². The molecule has 1 aliphatic heterocycles. The van der Waals surface area contributed by atoms with Crippen LogP contribution in [0, 0.1) is 0 Å². The molecule has 1 aliphatic rings. The minimum atomic E-state index is 0.829. The molecule has 0 aliphatic carbocycles. The lowest BCUT2D eigenvalue weighted by atomic mass is 10.2. The van der Waals surface area contributed by atoms with Gasteiger partial charge in [-0.05, 0) is 32.9 Å². The summed E-state index contributed by atoms with van der Waals surface area (Å²) in [5.74, 6) is 0. The molecule has 1 saturated heterocycles. The van der Waals surface area contributed by atoms with E-state index in [-0.39, 0.29) is 0 Å². The standard InChI is InChI=1S/C8H18NP/c1-7-3-4-8(2)9(7)5-6-10/h7-8H,3-6,10H2,1-2H3/t7-,8-/m1/s1. The van der Waals surface area contributed by atoms with Crippen LogP contribution in [0.3, 0.4) is 0 Å². The first-order valence-corrected chi connectivity index (χ1v) is 5.03. The van der Waals surface area contributed by atoms with Gasteiger partial charge >= 0.3 is 0 Å². The fourth-order valence-electron chi connectivity index (χ4n) is 1.84. The molecule has 0 bridgehead atoms. The lowest BCUT2D eigenvalue weighted by Gasteiger charge is -2.24. The summed E-state index contributed by atoms with van der Waals surface area (Å²) in [6, 6.07) is 1.66. The Labute approximate surface area is 66.4 Å². The highest BCUT2D eigenvalue weighted by molar-refractivity contribution is 7.16. The molecule has 60 valence electrons. The monoisotopic (exact) mass is 159 g/mol. The zero-order valence-electron chi connectivity index (χ0n) is 7.01. The van der Waals surface area contributed by atoms with E-state index < -0.39 is 0 Å². The van der Waals surface area contributed by atoms with Crippen LogP contribution >= 0.6 is 9.24 Å². The van der Waals surface area contributed by atoms with Gasteiger partial charge in [0.25, 0.3) is 0 Å². The van der Waals surface area contributed by atoms with E-state index in [1.807, 2.05) is 0 Å². The van der Waals surface area contributed by atoms with Gasteiger partial charge in [-0.2, -0.15) is 0 Å². The van der Waals surface area contributed by atoms with Gasteiger partial charge in [0.15, 0.2) is 0 Å². The van der Waals surface area contributed by atoms with E-state index in [1.54, 1.807) is 0 Å². The summed E-state index contributed by atoms with van der Waals surface area (Å²) in [6.45, 7) is 5.93. The Morgan fingerprint density at radius 1 is 1.30 bits per heavy atom. The highest BCUT2D eigenvalue weighted by Crippen LogP contribution is 2.22. The number of rotatable bonds is 2. The minimum absolute atomic E-state index is 0.829. The summed E-state index contributed by atoms with van der Waals surface area (Å²) in [6.07, 6.45) is 4.01. The van der Waals surface area contributed by atoms with Crippen molar-refractivity contribution in [1.29, 1.82) is 0 Å². The third-order valence-corrected chi connectivity index (χ3v) is 2.78. The average Bonchev–Trinajstić information content (AvgIpc) is 2.20. The van der Waals surface area contributed by atoms with Crippen molar-refractivity contribution in [3.05, 3.63) is 0 Å². The molecule has 1 nitrogen and oxygen atoms in total. The van der Waals surface area contributed by atoms with Crippen LogP contribution in [0.4, 0.5) is 0 Å². The Balaban J connectivity index is 2.38. The molecule has 0 spiro atoms.